The molecular formula is C16H21N5O. The molecule has 2 aromatic rings. The lowest BCUT2D eigenvalue weighted by Gasteiger charge is -2.31. The Balaban J connectivity index is 1.48. The number of likely N-dealkylation sites (tertiary alicyclic amines) is 1. The van der Waals surface area contributed by atoms with Crippen LogP contribution in [0.4, 0.5) is 10.5 Å². The second-order valence-electron chi connectivity index (χ2n) is 5.77. The highest BCUT2D eigenvalue weighted by atomic mass is 16.2. The van der Waals surface area contributed by atoms with Crippen LogP contribution in [0.3, 0.4) is 0 Å². The van der Waals surface area contributed by atoms with E-state index in [4.69, 9.17) is 0 Å². The average Bonchev–Trinajstić information content (AvgIpc) is 2.94. The Labute approximate surface area is 129 Å². The van der Waals surface area contributed by atoms with Gasteiger partial charge in [-0.2, -0.15) is 5.10 Å². The Morgan fingerprint density at radius 3 is 2.68 bits per heavy atom. The van der Waals surface area contributed by atoms with Crippen molar-refractivity contribution in [1.29, 1.82) is 0 Å². The predicted octanol–water partition coefficient (Wildman–Crippen LogP) is 2.60. The number of carbonyl (C=O) groups is 1. The second-order valence-corrected chi connectivity index (χ2v) is 5.77. The van der Waals surface area contributed by atoms with Crippen LogP contribution in [0.5, 0.6) is 0 Å². The summed E-state index contributed by atoms with van der Waals surface area (Å²) in [7, 11) is 0. The largest absolute Gasteiger partial charge is 0.325 e. The summed E-state index contributed by atoms with van der Waals surface area (Å²) in [6.45, 7) is 3.48. The first-order valence-corrected chi connectivity index (χ1v) is 7.69. The molecule has 0 saturated carbocycles. The molecule has 1 aliphatic heterocycles. The van der Waals surface area contributed by atoms with Crippen LogP contribution in [-0.4, -0.2) is 39.2 Å². The van der Waals surface area contributed by atoms with Gasteiger partial charge in [-0.15, -0.1) is 0 Å². The zero-order valence-electron chi connectivity index (χ0n) is 12.7. The van der Waals surface area contributed by atoms with Gasteiger partial charge in [0.1, 0.15) is 5.82 Å². The Morgan fingerprint density at radius 1 is 1.32 bits per heavy atom. The van der Waals surface area contributed by atoms with Crippen LogP contribution >= 0.6 is 0 Å². The zero-order valence-corrected chi connectivity index (χ0v) is 12.7. The molecule has 2 N–H and O–H groups in total. The number of hydrogen-bond acceptors (Lipinski definition) is 3. The van der Waals surface area contributed by atoms with Crippen molar-refractivity contribution in [2.45, 2.75) is 26.2 Å². The summed E-state index contributed by atoms with van der Waals surface area (Å²) in [5, 5.41) is 10.0. The molecule has 0 aliphatic carbocycles. The first-order valence-electron chi connectivity index (χ1n) is 7.69. The van der Waals surface area contributed by atoms with E-state index in [1.807, 2.05) is 42.2 Å². The van der Waals surface area contributed by atoms with Crippen LogP contribution in [0.2, 0.25) is 0 Å². The zero-order chi connectivity index (χ0) is 15.4. The van der Waals surface area contributed by atoms with E-state index in [0.717, 1.165) is 49.7 Å². The van der Waals surface area contributed by atoms with E-state index >= 15 is 0 Å². The Morgan fingerprint density at radius 2 is 2.05 bits per heavy atom. The molecule has 1 aromatic carbocycles. The maximum Gasteiger partial charge on any atom is 0.321 e. The van der Waals surface area contributed by atoms with E-state index in [1.165, 1.54) is 0 Å². The topological polar surface area (TPSA) is 73.9 Å². The molecule has 2 amide bonds. The lowest BCUT2D eigenvalue weighted by molar-refractivity contribution is 0.182. The number of rotatable bonds is 3. The highest BCUT2D eigenvalue weighted by molar-refractivity contribution is 5.89. The minimum atomic E-state index is -0.0154. The number of H-pyrrole nitrogens is 1. The maximum absolute atomic E-state index is 12.2. The number of aromatic amines is 1. The number of hydrogen-bond donors (Lipinski definition) is 2. The second kappa shape index (κ2) is 6.60. The SMILES string of the molecule is Cc1nc(CC2CCN(C(=O)Nc3ccccc3)CC2)n[nH]1. The number of para-hydroxylation sites is 1. The molecular weight excluding hydrogens is 278 g/mol. The molecule has 2 heterocycles. The Kier molecular flexibility index (Phi) is 4.37. The summed E-state index contributed by atoms with van der Waals surface area (Å²) in [4.78, 5) is 18.5. The molecule has 0 radical (unpaired) electrons. The van der Waals surface area contributed by atoms with Gasteiger partial charge in [0.05, 0.1) is 0 Å². The quantitative estimate of drug-likeness (QED) is 0.915. The molecule has 0 spiro atoms. The monoisotopic (exact) mass is 299 g/mol. The number of aromatic nitrogens is 3. The first-order chi connectivity index (χ1) is 10.7. The van der Waals surface area contributed by atoms with Crippen LogP contribution in [-0.2, 0) is 6.42 Å². The third kappa shape index (κ3) is 3.63. The molecule has 116 valence electrons. The summed E-state index contributed by atoms with van der Waals surface area (Å²) in [5.74, 6) is 2.29. The van der Waals surface area contributed by atoms with Crippen molar-refractivity contribution < 1.29 is 4.79 Å². The molecule has 22 heavy (non-hydrogen) atoms. The lowest BCUT2D eigenvalue weighted by Crippen LogP contribution is -2.41. The number of benzene rings is 1. The van der Waals surface area contributed by atoms with Gasteiger partial charge in [-0.1, -0.05) is 18.2 Å². The number of anilines is 1. The standard InChI is InChI=1S/C16H21N5O/c1-12-17-15(20-19-12)11-13-7-9-21(10-8-13)16(22)18-14-5-3-2-4-6-14/h2-6,13H,7-11H2,1H3,(H,18,22)(H,17,19,20). The van der Waals surface area contributed by atoms with Gasteiger partial charge in [0.15, 0.2) is 5.82 Å². The minimum Gasteiger partial charge on any atom is -0.325 e. The highest BCUT2D eigenvalue weighted by Gasteiger charge is 2.23. The Hall–Kier alpha value is -2.37. The lowest BCUT2D eigenvalue weighted by atomic mass is 9.93. The fourth-order valence-corrected chi connectivity index (χ4v) is 2.80. The van der Waals surface area contributed by atoms with E-state index in [0.29, 0.717) is 5.92 Å². The molecule has 3 rings (SSSR count). The van der Waals surface area contributed by atoms with E-state index in [1.54, 1.807) is 0 Å². The van der Waals surface area contributed by atoms with Crippen LogP contribution in [0.1, 0.15) is 24.5 Å². The highest BCUT2D eigenvalue weighted by Crippen LogP contribution is 2.21. The average molecular weight is 299 g/mol. The molecule has 1 aromatic heterocycles. The third-order valence-corrected chi connectivity index (χ3v) is 4.04. The number of amides is 2. The van der Waals surface area contributed by atoms with Gasteiger partial charge in [-0.3, -0.25) is 5.10 Å². The minimum absolute atomic E-state index is 0.0154. The van der Waals surface area contributed by atoms with Crippen LogP contribution in [0, 0.1) is 12.8 Å². The van der Waals surface area contributed by atoms with E-state index in [-0.39, 0.29) is 6.03 Å². The van der Waals surface area contributed by atoms with E-state index in [9.17, 15) is 4.79 Å². The van der Waals surface area contributed by atoms with Crippen molar-refractivity contribution in [2.75, 3.05) is 18.4 Å². The van der Waals surface area contributed by atoms with E-state index in [2.05, 4.69) is 20.5 Å². The summed E-state index contributed by atoms with van der Waals surface area (Å²) < 4.78 is 0. The molecule has 0 atom stereocenters. The van der Waals surface area contributed by atoms with Gasteiger partial charge < -0.3 is 10.2 Å². The van der Waals surface area contributed by atoms with Crippen molar-refractivity contribution in [1.82, 2.24) is 20.1 Å². The van der Waals surface area contributed by atoms with Crippen molar-refractivity contribution in [3.63, 3.8) is 0 Å². The Bertz CT molecular complexity index is 616. The molecule has 6 nitrogen and oxygen atoms in total. The molecule has 1 fully saturated rings. The summed E-state index contributed by atoms with van der Waals surface area (Å²) in [5.41, 5.74) is 0.839. The van der Waals surface area contributed by atoms with Crippen molar-refractivity contribution in [2.24, 2.45) is 5.92 Å². The van der Waals surface area contributed by atoms with Gasteiger partial charge in [-0.25, -0.2) is 9.78 Å². The van der Waals surface area contributed by atoms with Gasteiger partial charge >= 0.3 is 6.03 Å². The molecule has 0 unspecified atom stereocenters. The van der Waals surface area contributed by atoms with Crippen LogP contribution < -0.4 is 5.32 Å². The van der Waals surface area contributed by atoms with Crippen LogP contribution in [0.15, 0.2) is 30.3 Å². The summed E-state index contributed by atoms with van der Waals surface area (Å²) >= 11 is 0. The van der Waals surface area contributed by atoms with Gasteiger partial charge in [0, 0.05) is 25.2 Å². The number of carbonyl (C=O) groups excluding carboxylic acids is 1. The molecule has 6 heteroatoms. The summed E-state index contributed by atoms with van der Waals surface area (Å²) in [6.07, 6.45) is 2.88. The van der Waals surface area contributed by atoms with E-state index < -0.39 is 0 Å². The van der Waals surface area contributed by atoms with Gasteiger partial charge in [0.25, 0.3) is 0 Å². The predicted molar refractivity (Wildman–Crippen MR) is 84.6 cm³/mol. The smallest absolute Gasteiger partial charge is 0.321 e. The number of urea groups is 1. The first kappa shape index (κ1) is 14.6. The van der Waals surface area contributed by atoms with Crippen molar-refractivity contribution in [3.8, 4) is 0 Å². The summed E-state index contributed by atoms with van der Waals surface area (Å²) in [6, 6.07) is 9.55. The molecule has 1 saturated heterocycles. The fraction of sp³-hybridized carbons (Fsp3) is 0.438. The number of aryl methyl sites for hydroxylation is 1. The number of nitrogens with one attached hydrogen (secondary N) is 2. The van der Waals surface area contributed by atoms with Crippen LogP contribution in [0.25, 0.3) is 0 Å². The number of nitrogens with zero attached hydrogens (tertiary/aromatic N) is 3. The third-order valence-electron chi connectivity index (χ3n) is 4.04. The molecule has 1 aliphatic rings. The van der Waals surface area contributed by atoms with Crippen molar-refractivity contribution >= 4 is 11.7 Å². The maximum atomic E-state index is 12.2. The number of piperidine rings is 1. The molecule has 0 bridgehead atoms. The van der Waals surface area contributed by atoms with Crippen molar-refractivity contribution in [3.05, 3.63) is 42.0 Å². The van der Waals surface area contributed by atoms with Gasteiger partial charge in [0.2, 0.25) is 0 Å². The van der Waals surface area contributed by atoms with Gasteiger partial charge in [-0.05, 0) is 37.8 Å². The fourth-order valence-electron chi connectivity index (χ4n) is 2.80. The normalized spacial score (nSPS) is 15.8.